The Kier molecular flexibility index (Phi) is 6.06. The second kappa shape index (κ2) is 8.29. The Morgan fingerprint density at radius 3 is 2.38 bits per heavy atom. The summed E-state index contributed by atoms with van der Waals surface area (Å²) < 4.78 is 32.6. The van der Waals surface area contributed by atoms with E-state index in [1.165, 1.54) is 44.2 Å². The number of halogens is 1. The van der Waals surface area contributed by atoms with Crippen LogP contribution in [0, 0.1) is 0 Å². The fourth-order valence-electron chi connectivity index (χ4n) is 3.05. The number of nitrogens with one attached hydrogen (secondary N) is 1. The molecule has 0 saturated carbocycles. The Morgan fingerprint density at radius 2 is 1.77 bits per heavy atom. The third-order valence-corrected chi connectivity index (χ3v) is 6.25. The van der Waals surface area contributed by atoms with E-state index in [0.29, 0.717) is 5.75 Å². The van der Waals surface area contributed by atoms with Crippen molar-refractivity contribution in [1.29, 1.82) is 0 Å². The number of sulfonamides is 1. The van der Waals surface area contributed by atoms with Gasteiger partial charge in [0.1, 0.15) is 5.75 Å². The van der Waals surface area contributed by atoms with Gasteiger partial charge in [0.25, 0.3) is 0 Å². The molecule has 7 heteroatoms. The number of hydrogen-bond donors (Lipinski definition) is 1. The van der Waals surface area contributed by atoms with Crippen molar-refractivity contribution in [2.75, 3.05) is 25.1 Å². The maximum atomic E-state index is 12.5. The van der Waals surface area contributed by atoms with Gasteiger partial charge in [-0.1, -0.05) is 23.7 Å². The number of benzene rings is 2. The third-order valence-electron chi connectivity index (χ3n) is 4.56. The van der Waals surface area contributed by atoms with Crippen molar-refractivity contribution < 1.29 is 13.2 Å². The number of hydrogen-bond acceptors (Lipinski definition) is 4. The number of piperidine rings is 1. The lowest BCUT2D eigenvalue weighted by molar-refractivity contribution is 0.414. The fourth-order valence-corrected chi connectivity index (χ4v) is 4.42. The number of rotatable bonds is 6. The van der Waals surface area contributed by atoms with E-state index in [9.17, 15) is 8.42 Å². The zero-order valence-electron chi connectivity index (χ0n) is 14.7. The van der Waals surface area contributed by atoms with E-state index in [1.807, 2.05) is 12.1 Å². The summed E-state index contributed by atoms with van der Waals surface area (Å²) in [5, 5.41) is 0.265. The highest BCUT2D eigenvalue weighted by Crippen LogP contribution is 2.27. The summed E-state index contributed by atoms with van der Waals surface area (Å²) in [6, 6.07) is 12.5. The van der Waals surface area contributed by atoms with Crippen molar-refractivity contribution >= 4 is 27.3 Å². The van der Waals surface area contributed by atoms with Crippen molar-refractivity contribution in [2.45, 2.75) is 30.7 Å². The summed E-state index contributed by atoms with van der Waals surface area (Å²) >= 11 is 6.02. The first kappa shape index (κ1) is 19.0. The van der Waals surface area contributed by atoms with Gasteiger partial charge in [-0.25, -0.2) is 13.1 Å². The lowest BCUT2D eigenvalue weighted by Gasteiger charge is -2.28. The molecule has 1 N–H and O–H groups in total. The van der Waals surface area contributed by atoms with Crippen LogP contribution >= 0.6 is 11.6 Å². The summed E-state index contributed by atoms with van der Waals surface area (Å²) in [7, 11) is -2.15. The molecule has 26 heavy (non-hydrogen) atoms. The summed E-state index contributed by atoms with van der Waals surface area (Å²) in [6.07, 6.45) is 3.75. The van der Waals surface area contributed by atoms with Crippen LogP contribution in [0.1, 0.15) is 24.8 Å². The van der Waals surface area contributed by atoms with Crippen molar-refractivity contribution in [3.8, 4) is 5.75 Å². The minimum Gasteiger partial charge on any atom is -0.495 e. The molecule has 0 aromatic heterocycles. The van der Waals surface area contributed by atoms with Gasteiger partial charge >= 0.3 is 0 Å². The molecule has 0 amide bonds. The molecule has 140 valence electrons. The highest BCUT2D eigenvalue weighted by Gasteiger charge is 2.16. The van der Waals surface area contributed by atoms with Crippen LogP contribution in [0.3, 0.4) is 0 Å². The highest BCUT2D eigenvalue weighted by atomic mass is 35.5. The maximum Gasteiger partial charge on any atom is 0.240 e. The molecule has 1 fully saturated rings. The van der Waals surface area contributed by atoms with Crippen molar-refractivity contribution in [3.05, 3.63) is 53.1 Å². The van der Waals surface area contributed by atoms with Crippen LogP contribution in [0.25, 0.3) is 0 Å². The molecule has 3 rings (SSSR count). The SMILES string of the molecule is COc1ccc(S(=O)(=O)NCc2ccc(N3CCCCC3)cc2)cc1Cl. The standard InChI is InChI=1S/C19H23ClN2O3S/c1-25-19-10-9-17(13-18(19)20)26(23,24)21-14-15-5-7-16(8-6-15)22-11-3-2-4-12-22/h5-10,13,21H,2-4,11-12,14H2,1H3. The summed E-state index contributed by atoms with van der Waals surface area (Å²) in [6.45, 7) is 2.40. The molecular weight excluding hydrogens is 372 g/mol. The Morgan fingerprint density at radius 1 is 1.08 bits per heavy atom. The van der Waals surface area contributed by atoms with Gasteiger partial charge in [0, 0.05) is 25.3 Å². The average Bonchev–Trinajstić information content (AvgIpc) is 2.67. The molecule has 1 saturated heterocycles. The van der Waals surface area contributed by atoms with Crippen LogP contribution in [0.4, 0.5) is 5.69 Å². The smallest absolute Gasteiger partial charge is 0.240 e. The van der Waals surface area contributed by atoms with Crippen LogP contribution in [0.15, 0.2) is 47.4 Å². The quantitative estimate of drug-likeness (QED) is 0.809. The van der Waals surface area contributed by atoms with Crippen molar-refractivity contribution in [3.63, 3.8) is 0 Å². The number of anilines is 1. The number of nitrogens with zero attached hydrogens (tertiary/aromatic N) is 1. The van der Waals surface area contributed by atoms with Crippen LogP contribution in [0.5, 0.6) is 5.75 Å². The van der Waals surface area contributed by atoms with E-state index in [0.717, 1.165) is 18.7 Å². The molecule has 1 heterocycles. The van der Waals surface area contributed by atoms with Crippen LogP contribution < -0.4 is 14.4 Å². The van der Waals surface area contributed by atoms with E-state index < -0.39 is 10.0 Å². The van der Waals surface area contributed by atoms with Crippen molar-refractivity contribution in [1.82, 2.24) is 4.72 Å². The molecule has 2 aromatic carbocycles. The summed E-state index contributed by atoms with van der Waals surface area (Å²) in [4.78, 5) is 2.49. The van der Waals surface area contributed by atoms with Gasteiger partial charge in [0.15, 0.2) is 0 Å². The normalized spacial score (nSPS) is 15.1. The summed E-state index contributed by atoms with van der Waals surface area (Å²) in [5.41, 5.74) is 2.10. The van der Waals surface area contributed by atoms with E-state index in [1.54, 1.807) is 6.07 Å². The minimum absolute atomic E-state index is 0.119. The third kappa shape index (κ3) is 4.50. The molecule has 0 unspecified atom stereocenters. The molecule has 2 aromatic rings. The van der Waals surface area contributed by atoms with Crippen molar-refractivity contribution in [2.24, 2.45) is 0 Å². The second-order valence-corrected chi connectivity index (χ2v) is 8.51. The molecule has 0 aliphatic carbocycles. The Labute approximate surface area is 160 Å². The van der Waals surface area contributed by atoms with E-state index in [-0.39, 0.29) is 16.5 Å². The molecule has 1 aliphatic rings. The molecule has 0 atom stereocenters. The highest BCUT2D eigenvalue weighted by molar-refractivity contribution is 7.89. The van der Waals surface area contributed by atoms with Gasteiger partial charge in [0.05, 0.1) is 17.0 Å². The van der Waals surface area contributed by atoms with Gasteiger partial charge in [-0.3, -0.25) is 0 Å². The lowest BCUT2D eigenvalue weighted by atomic mass is 10.1. The van der Waals surface area contributed by atoms with E-state index >= 15 is 0 Å². The first-order valence-corrected chi connectivity index (χ1v) is 10.5. The number of methoxy groups -OCH3 is 1. The molecule has 0 spiro atoms. The van der Waals surface area contributed by atoms with Gasteiger partial charge in [0.2, 0.25) is 10.0 Å². The Bertz CT molecular complexity index is 848. The summed E-state index contributed by atoms with van der Waals surface area (Å²) in [5.74, 6) is 0.443. The molecule has 0 bridgehead atoms. The average molecular weight is 395 g/mol. The zero-order chi connectivity index (χ0) is 18.6. The van der Waals surface area contributed by atoms with Gasteiger partial charge < -0.3 is 9.64 Å². The predicted octanol–water partition coefficient (Wildman–Crippen LogP) is 3.82. The molecule has 1 aliphatic heterocycles. The van der Waals surface area contributed by atoms with Gasteiger partial charge in [-0.15, -0.1) is 0 Å². The second-order valence-electron chi connectivity index (χ2n) is 6.34. The number of ether oxygens (including phenoxy) is 1. The predicted molar refractivity (Wildman–Crippen MR) is 105 cm³/mol. The van der Waals surface area contributed by atoms with Gasteiger partial charge in [-0.2, -0.15) is 0 Å². The topological polar surface area (TPSA) is 58.6 Å². The minimum atomic E-state index is -3.64. The van der Waals surface area contributed by atoms with E-state index in [4.69, 9.17) is 16.3 Å². The van der Waals surface area contributed by atoms with Gasteiger partial charge in [-0.05, 0) is 55.2 Å². The Hall–Kier alpha value is -1.76. The molecular formula is C19H23ClN2O3S. The van der Waals surface area contributed by atoms with Crippen LogP contribution in [0.2, 0.25) is 5.02 Å². The molecule has 5 nitrogen and oxygen atoms in total. The van der Waals surface area contributed by atoms with Crippen LogP contribution in [-0.4, -0.2) is 28.6 Å². The zero-order valence-corrected chi connectivity index (χ0v) is 16.3. The fraction of sp³-hybridized carbons (Fsp3) is 0.368. The first-order chi connectivity index (χ1) is 12.5. The lowest BCUT2D eigenvalue weighted by Crippen LogP contribution is -2.29. The monoisotopic (exact) mass is 394 g/mol. The van der Waals surface area contributed by atoms with Crippen LogP contribution in [-0.2, 0) is 16.6 Å². The van der Waals surface area contributed by atoms with E-state index in [2.05, 4.69) is 21.8 Å². The molecule has 0 radical (unpaired) electrons. The maximum absolute atomic E-state index is 12.5. The first-order valence-electron chi connectivity index (χ1n) is 8.67. The largest absolute Gasteiger partial charge is 0.495 e. The Balaban J connectivity index is 1.65.